The van der Waals surface area contributed by atoms with E-state index in [0.717, 1.165) is 0 Å². The summed E-state index contributed by atoms with van der Waals surface area (Å²) in [6.07, 6.45) is -1.83. The van der Waals surface area contributed by atoms with Crippen LogP contribution < -0.4 is 0 Å². The maximum atomic E-state index is 8.56. The summed E-state index contributed by atoms with van der Waals surface area (Å²) in [5.74, 6) is 0. The third-order valence-corrected chi connectivity index (χ3v) is 0. The Bertz CT molecular complexity index is 29.9. The van der Waals surface area contributed by atoms with Gasteiger partial charge in [-0.2, -0.15) is 0 Å². The quantitative estimate of drug-likeness (QED) is 0.509. The van der Waals surface area contributed by atoms with Gasteiger partial charge in [0, 0.05) is 20.4 Å². The minimum atomic E-state index is -1.83. The standard InChI is InChI=1S/CH2O3.Pd/c2-1(3)4;/h(H2,2,3,4);. The average Bonchev–Trinajstić information content (AvgIpc) is 0.811. The van der Waals surface area contributed by atoms with E-state index in [4.69, 9.17) is 15.0 Å². The molecule has 0 aromatic heterocycles. The molecule has 0 aliphatic rings. The molecule has 0 aromatic rings. The van der Waals surface area contributed by atoms with E-state index in [1.807, 2.05) is 0 Å². The molecule has 5 heavy (non-hydrogen) atoms. The van der Waals surface area contributed by atoms with Crippen LogP contribution in [0.3, 0.4) is 0 Å². The monoisotopic (exact) mass is 168 g/mol. The van der Waals surface area contributed by atoms with Crippen LogP contribution in [0.1, 0.15) is 0 Å². The van der Waals surface area contributed by atoms with Gasteiger partial charge in [-0.25, -0.2) is 4.79 Å². The van der Waals surface area contributed by atoms with Crippen molar-refractivity contribution in [3.8, 4) is 0 Å². The van der Waals surface area contributed by atoms with Crippen LogP contribution in [-0.4, -0.2) is 16.4 Å². The molecule has 34 valence electrons. The summed E-state index contributed by atoms with van der Waals surface area (Å²) in [7, 11) is 0. The van der Waals surface area contributed by atoms with Crippen molar-refractivity contribution in [2.45, 2.75) is 0 Å². The van der Waals surface area contributed by atoms with Gasteiger partial charge in [0.05, 0.1) is 0 Å². The smallest absolute Gasteiger partial charge is 0.450 e. The van der Waals surface area contributed by atoms with Crippen LogP contribution in [-0.2, 0) is 20.4 Å². The molecule has 0 aromatic carbocycles. The number of hydrogen-bond acceptors (Lipinski definition) is 1. The Balaban J connectivity index is 0. The van der Waals surface area contributed by atoms with Crippen molar-refractivity contribution in [3.63, 3.8) is 0 Å². The van der Waals surface area contributed by atoms with E-state index in [1.165, 1.54) is 0 Å². The number of carboxylic acid groups (broad SMARTS) is 2. The van der Waals surface area contributed by atoms with E-state index in [0.29, 0.717) is 0 Å². The minimum absolute atomic E-state index is 0. The van der Waals surface area contributed by atoms with Gasteiger partial charge in [0.25, 0.3) is 0 Å². The second-order valence-corrected chi connectivity index (χ2v) is 0.283. The Morgan fingerprint density at radius 1 is 1.40 bits per heavy atom. The van der Waals surface area contributed by atoms with E-state index in [9.17, 15) is 0 Å². The molecule has 0 amide bonds. The fraction of sp³-hybridized carbons (Fsp3) is 0. The SMILES string of the molecule is O=C(O)O.[Pd]. The van der Waals surface area contributed by atoms with Gasteiger partial charge in [-0.1, -0.05) is 0 Å². The molecule has 0 fully saturated rings. The molecule has 0 radical (unpaired) electrons. The molecule has 2 N–H and O–H groups in total. The Labute approximate surface area is 42.3 Å². The van der Waals surface area contributed by atoms with Crippen molar-refractivity contribution in [2.24, 2.45) is 0 Å². The second-order valence-electron chi connectivity index (χ2n) is 0.283. The van der Waals surface area contributed by atoms with Crippen LogP contribution in [0.15, 0.2) is 0 Å². The summed E-state index contributed by atoms with van der Waals surface area (Å²) in [5.41, 5.74) is 0. The van der Waals surface area contributed by atoms with Crippen molar-refractivity contribution in [1.82, 2.24) is 0 Å². The van der Waals surface area contributed by atoms with Crippen LogP contribution in [0, 0.1) is 0 Å². The molecule has 3 nitrogen and oxygen atoms in total. The Hall–Kier alpha value is -0.0677. The van der Waals surface area contributed by atoms with Gasteiger partial charge >= 0.3 is 6.16 Å². The largest absolute Gasteiger partial charge is 0.503 e. The molecule has 0 spiro atoms. The third kappa shape index (κ3) is 3210. The fourth-order valence-corrected chi connectivity index (χ4v) is 0. The topological polar surface area (TPSA) is 57.5 Å². The van der Waals surface area contributed by atoms with Gasteiger partial charge in [0.15, 0.2) is 0 Å². The summed E-state index contributed by atoms with van der Waals surface area (Å²) in [6.45, 7) is 0. The molecular weight excluding hydrogens is 166 g/mol. The van der Waals surface area contributed by atoms with Gasteiger partial charge in [0.2, 0.25) is 0 Å². The van der Waals surface area contributed by atoms with E-state index in [-0.39, 0.29) is 20.4 Å². The van der Waals surface area contributed by atoms with Crippen LogP contribution in [0.25, 0.3) is 0 Å². The molecule has 0 atom stereocenters. The Morgan fingerprint density at radius 3 is 1.40 bits per heavy atom. The van der Waals surface area contributed by atoms with Crippen molar-refractivity contribution < 1.29 is 35.4 Å². The van der Waals surface area contributed by atoms with Gasteiger partial charge in [0.1, 0.15) is 0 Å². The van der Waals surface area contributed by atoms with Gasteiger partial charge in [-0.05, 0) is 0 Å². The molecule has 0 heterocycles. The summed E-state index contributed by atoms with van der Waals surface area (Å²) in [6, 6.07) is 0. The van der Waals surface area contributed by atoms with Crippen molar-refractivity contribution in [2.75, 3.05) is 0 Å². The van der Waals surface area contributed by atoms with Crippen LogP contribution in [0.5, 0.6) is 0 Å². The van der Waals surface area contributed by atoms with Gasteiger partial charge < -0.3 is 10.2 Å². The fourth-order valence-electron chi connectivity index (χ4n) is 0. The number of rotatable bonds is 0. The third-order valence-electron chi connectivity index (χ3n) is 0. The number of carbonyl (C=O) groups is 1. The molecule has 0 bridgehead atoms. The van der Waals surface area contributed by atoms with E-state index in [1.54, 1.807) is 0 Å². The molecular formula is CH2O3Pd. The van der Waals surface area contributed by atoms with Crippen LogP contribution >= 0.6 is 0 Å². The van der Waals surface area contributed by atoms with Crippen LogP contribution in [0.4, 0.5) is 4.79 Å². The first-order valence-electron chi connectivity index (χ1n) is 0.651. The minimum Gasteiger partial charge on any atom is -0.450 e. The molecule has 0 aliphatic carbocycles. The van der Waals surface area contributed by atoms with Crippen molar-refractivity contribution in [3.05, 3.63) is 0 Å². The molecule has 0 saturated heterocycles. The summed E-state index contributed by atoms with van der Waals surface area (Å²) in [5, 5.41) is 13.9. The van der Waals surface area contributed by atoms with Gasteiger partial charge in [-0.3, -0.25) is 0 Å². The zero-order valence-corrected chi connectivity index (χ0v) is 3.67. The second kappa shape index (κ2) is 3.93. The molecule has 4 heteroatoms. The number of hydrogen-bond donors (Lipinski definition) is 2. The molecule has 0 rings (SSSR count). The predicted octanol–water partition coefficient (Wildman–Crippen LogP) is 0.220. The van der Waals surface area contributed by atoms with Crippen molar-refractivity contribution in [1.29, 1.82) is 0 Å². The van der Waals surface area contributed by atoms with E-state index >= 15 is 0 Å². The van der Waals surface area contributed by atoms with E-state index in [2.05, 4.69) is 0 Å². The molecule has 0 unspecified atom stereocenters. The summed E-state index contributed by atoms with van der Waals surface area (Å²) >= 11 is 0. The zero-order chi connectivity index (χ0) is 3.58. The predicted molar refractivity (Wildman–Crippen MR) is 10.7 cm³/mol. The zero-order valence-electron chi connectivity index (χ0n) is 2.12. The molecule has 0 saturated carbocycles. The first-order chi connectivity index (χ1) is 1.73. The maximum Gasteiger partial charge on any atom is 0.503 e. The van der Waals surface area contributed by atoms with E-state index < -0.39 is 6.16 Å². The Morgan fingerprint density at radius 2 is 1.40 bits per heavy atom. The van der Waals surface area contributed by atoms with Crippen LogP contribution in [0.2, 0.25) is 0 Å². The Kier molecular flexibility index (Phi) is 6.98. The first kappa shape index (κ1) is 8.87. The first-order valence-corrected chi connectivity index (χ1v) is 0.651. The molecule has 0 aliphatic heterocycles. The normalized spacial score (nSPS) is 4.80. The average molecular weight is 168 g/mol. The summed E-state index contributed by atoms with van der Waals surface area (Å²) < 4.78 is 0. The summed E-state index contributed by atoms with van der Waals surface area (Å²) in [4.78, 5) is 8.56. The van der Waals surface area contributed by atoms with Gasteiger partial charge in [-0.15, -0.1) is 0 Å². The maximum absolute atomic E-state index is 8.56. The van der Waals surface area contributed by atoms with Crippen molar-refractivity contribution >= 4 is 6.16 Å².